The molecule has 3 heteroatoms. The van der Waals surface area contributed by atoms with Crippen molar-refractivity contribution in [2.24, 2.45) is 5.92 Å². The number of nitrogens with zero attached hydrogens (tertiary/aromatic N) is 2. The van der Waals surface area contributed by atoms with Crippen molar-refractivity contribution < 1.29 is 0 Å². The average molecular weight is 219 g/mol. The van der Waals surface area contributed by atoms with E-state index >= 15 is 0 Å². The third-order valence-electron chi connectivity index (χ3n) is 3.08. The van der Waals surface area contributed by atoms with Gasteiger partial charge in [0.2, 0.25) is 0 Å². The van der Waals surface area contributed by atoms with Gasteiger partial charge in [-0.25, -0.2) is 0 Å². The molecule has 1 fully saturated rings. The molecule has 0 amide bonds. The highest BCUT2D eigenvalue weighted by atomic mass is 35.5. The summed E-state index contributed by atoms with van der Waals surface area (Å²) in [4.78, 5) is 4.84. The van der Waals surface area contributed by atoms with Crippen LogP contribution in [0.15, 0.2) is 0 Å². The standard InChI is InChI=1S/C11H23ClN2/c1-13(7-3-6-12)8-4-11-5-9-14(2)10-11/h11H,3-10H2,1-2H3. The first-order valence-corrected chi connectivity index (χ1v) is 6.19. The molecule has 0 radical (unpaired) electrons. The van der Waals surface area contributed by atoms with Crippen LogP contribution >= 0.6 is 11.6 Å². The Bertz CT molecular complexity index is 152. The molecule has 14 heavy (non-hydrogen) atoms. The summed E-state index contributed by atoms with van der Waals surface area (Å²) in [5, 5.41) is 0. The van der Waals surface area contributed by atoms with Crippen LogP contribution in [-0.2, 0) is 0 Å². The van der Waals surface area contributed by atoms with Crippen LogP contribution in [-0.4, -0.2) is 56.0 Å². The van der Waals surface area contributed by atoms with Gasteiger partial charge in [0, 0.05) is 12.4 Å². The molecule has 0 spiro atoms. The van der Waals surface area contributed by atoms with Crippen molar-refractivity contribution in [1.82, 2.24) is 9.80 Å². The summed E-state index contributed by atoms with van der Waals surface area (Å²) in [7, 11) is 4.42. The molecule has 0 aliphatic carbocycles. The highest BCUT2D eigenvalue weighted by molar-refractivity contribution is 6.17. The van der Waals surface area contributed by atoms with E-state index < -0.39 is 0 Å². The summed E-state index contributed by atoms with van der Waals surface area (Å²) in [6.45, 7) is 4.96. The summed E-state index contributed by atoms with van der Waals surface area (Å²) >= 11 is 5.66. The van der Waals surface area contributed by atoms with Crippen LogP contribution in [0.5, 0.6) is 0 Å². The van der Waals surface area contributed by atoms with Crippen LogP contribution < -0.4 is 0 Å². The van der Waals surface area contributed by atoms with E-state index in [0.717, 1.165) is 24.8 Å². The lowest BCUT2D eigenvalue weighted by atomic mass is 10.1. The normalized spacial score (nSPS) is 23.6. The molecular formula is C11H23ClN2. The molecule has 0 aromatic carbocycles. The van der Waals surface area contributed by atoms with E-state index in [9.17, 15) is 0 Å². The highest BCUT2D eigenvalue weighted by Crippen LogP contribution is 2.17. The Labute approximate surface area is 93.2 Å². The zero-order chi connectivity index (χ0) is 10.4. The molecule has 0 aromatic rings. The first-order chi connectivity index (χ1) is 6.72. The van der Waals surface area contributed by atoms with Crippen molar-refractivity contribution in [1.29, 1.82) is 0 Å². The van der Waals surface area contributed by atoms with Crippen LogP contribution in [0.2, 0.25) is 0 Å². The molecule has 1 saturated heterocycles. The van der Waals surface area contributed by atoms with Crippen LogP contribution in [0, 0.1) is 5.92 Å². The molecule has 1 aliphatic heterocycles. The van der Waals surface area contributed by atoms with Crippen LogP contribution in [0.4, 0.5) is 0 Å². The molecule has 1 rings (SSSR count). The van der Waals surface area contributed by atoms with Gasteiger partial charge in [0.05, 0.1) is 0 Å². The monoisotopic (exact) mass is 218 g/mol. The van der Waals surface area contributed by atoms with Gasteiger partial charge in [0.15, 0.2) is 0 Å². The molecule has 84 valence electrons. The predicted octanol–water partition coefficient (Wildman–Crippen LogP) is 1.89. The molecule has 0 aromatic heterocycles. The van der Waals surface area contributed by atoms with E-state index in [4.69, 9.17) is 11.6 Å². The SMILES string of the molecule is CN(CCCCl)CCC1CCN(C)C1. The second kappa shape index (κ2) is 6.65. The van der Waals surface area contributed by atoms with E-state index in [2.05, 4.69) is 23.9 Å². The zero-order valence-electron chi connectivity index (χ0n) is 9.51. The maximum atomic E-state index is 5.66. The number of alkyl halides is 1. The van der Waals surface area contributed by atoms with Gasteiger partial charge >= 0.3 is 0 Å². The summed E-state index contributed by atoms with van der Waals surface area (Å²) in [6.07, 6.45) is 3.85. The minimum Gasteiger partial charge on any atom is -0.306 e. The van der Waals surface area contributed by atoms with Crippen LogP contribution in [0.1, 0.15) is 19.3 Å². The summed E-state index contributed by atoms with van der Waals surface area (Å²) in [5.41, 5.74) is 0. The molecule has 0 bridgehead atoms. The van der Waals surface area contributed by atoms with Crippen molar-refractivity contribution in [2.45, 2.75) is 19.3 Å². The van der Waals surface area contributed by atoms with Gasteiger partial charge in [-0.1, -0.05) is 0 Å². The highest BCUT2D eigenvalue weighted by Gasteiger charge is 2.19. The van der Waals surface area contributed by atoms with Gasteiger partial charge in [-0.05, 0) is 58.9 Å². The molecule has 1 atom stereocenters. The smallest absolute Gasteiger partial charge is 0.0235 e. The molecule has 1 aliphatic rings. The van der Waals surface area contributed by atoms with E-state index in [1.807, 2.05) is 0 Å². The summed E-state index contributed by atoms with van der Waals surface area (Å²) in [5.74, 6) is 1.72. The zero-order valence-corrected chi connectivity index (χ0v) is 10.3. The third-order valence-corrected chi connectivity index (χ3v) is 3.35. The first kappa shape index (κ1) is 12.3. The van der Waals surface area contributed by atoms with Gasteiger partial charge in [-0.15, -0.1) is 11.6 Å². The van der Waals surface area contributed by atoms with Crippen LogP contribution in [0.3, 0.4) is 0 Å². The fraction of sp³-hybridized carbons (Fsp3) is 1.00. The Morgan fingerprint density at radius 3 is 2.79 bits per heavy atom. The number of rotatable bonds is 6. The molecular weight excluding hydrogens is 196 g/mol. The van der Waals surface area contributed by atoms with Crippen molar-refractivity contribution >= 4 is 11.6 Å². The second-order valence-corrected chi connectivity index (χ2v) is 4.93. The lowest BCUT2D eigenvalue weighted by molar-refractivity contribution is 0.297. The Morgan fingerprint density at radius 2 is 2.21 bits per heavy atom. The van der Waals surface area contributed by atoms with Gasteiger partial charge < -0.3 is 9.80 Å². The van der Waals surface area contributed by atoms with Gasteiger partial charge in [-0.2, -0.15) is 0 Å². The predicted molar refractivity (Wildman–Crippen MR) is 63.1 cm³/mol. The fourth-order valence-electron chi connectivity index (χ4n) is 2.11. The molecule has 0 saturated carbocycles. The summed E-state index contributed by atoms with van der Waals surface area (Å²) in [6, 6.07) is 0. The Kier molecular flexibility index (Phi) is 5.83. The quantitative estimate of drug-likeness (QED) is 0.629. The largest absolute Gasteiger partial charge is 0.306 e. The number of hydrogen-bond donors (Lipinski definition) is 0. The van der Waals surface area contributed by atoms with E-state index in [0.29, 0.717) is 0 Å². The topological polar surface area (TPSA) is 6.48 Å². The Hall–Kier alpha value is 0.210. The number of halogens is 1. The third kappa shape index (κ3) is 4.63. The average Bonchev–Trinajstić information content (AvgIpc) is 2.58. The summed E-state index contributed by atoms with van der Waals surface area (Å²) < 4.78 is 0. The molecule has 1 unspecified atom stereocenters. The molecule has 1 heterocycles. The van der Waals surface area contributed by atoms with Crippen molar-refractivity contribution in [3.05, 3.63) is 0 Å². The first-order valence-electron chi connectivity index (χ1n) is 5.65. The van der Waals surface area contributed by atoms with Crippen molar-refractivity contribution in [3.63, 3.8) is 0 Å². The Morgan fingerprint density at radius 1 is 1.43 bits per heavy atom. The van der Waals surface area contributed by atoms with E-state index in [1.54, 1.807) is 0 Å². The molecule has 0 N–H and O–H groups in total. The van der Waals surface area contributed by atoms with Crippen molar-refractivity contribution in [2.75, 3.05) is 46.2 Å². The van der Waals surface area contributed by atoms with Gasteiger partial charge in [0.1, 0.15) is 0 Å². The second-order valence-electron chi connectivity index (χ2n) is 4.55. The van der Waals surface area contributed by atoms with Gasteiger partial charge in [0.25, 0.3) is 0 Å². The van der Waals surface area contributed by atoms with Crippen molar-refractivity contribution in [3.8, 4) is 0 Å². The lowest BCUT2D eigenvalue weighted by Gasteiger charge is -2.18. The number of likely N-dealkylation sites (tertiary alicyclic amines) is 1. The van der Waals surface area contributed by atoms with Crippen LogP contribution in [0.25, 0.3) is 0 Å². The maximum absolute atomic E-state index is 5.66. The minimum absolute atomic E-state index is 0.788. The maximum Gasteiger partial charge on any atom is 0.0235 e. The lowest BCUT2D eigenvalue weighted by Crippen LogP contribution is -2.24. The van der Waals surface area contributed by atoms with E-state index in [1.165, 1.54) is 32.5 Å². The fourth-order valence-corrected chi connectivity index (χ4v) is 2.23. The number of hydrogen-bond acceptors (Lipinski definition) is 2. The minimum atomic E-state index is 0.788. The Balaban J connectivity index is 2.02. The molecule has 2 nitrogen and oxygen atoms in total. The van der Waals surface area contributed by atoms with Gasteiger partial charge in [-0.3, -0.25) is 0 Å². The van der Waals surface area contributed by atoms with E-state index in [-0.39, 0.29) is 0 Å².